The SMILES string of the molecule is C=C(COC=O)OC=O. The van der Waals surface area contributed by atoms with Gasteiger partial charge in [-0.25, -0.2) is 0 Å². The molecule has 9 heavy (non-hydrogen) atoms. The highest BCUT2D eigenvalue weighted by atomic mass is 16.6. The minimum Gasteiger partial charge on any atom is -0.460 e. The van der Waals surface area contributed by atoms with Crippen LogP contribution in [0.15, 0.2) is 12.3 Å². The van der Waals surface area contributed by atoms with E-state index in [2.05, 4.69) is 16.1 Å². The first kappa shape index (κ1) is 7.68. The van der Waals surface area contributed by atoms with Crippen molar-refractivity contribution in [1.29, 1.82) is 0 Å². The second kappa shape index (κ2) is 4.83. The van der Waals surface area contributed by atoms with E-state index in [1.165, 1.54) is 0 Å². The molecule has 0 spiro atoms. The number of carbonyl (C=O) groups excluding carboxylic acids is 2. The smallest absolute Gasteiger partial charge is 0.298 e. The van der Waals surface area contributed by atoms with Crippen LogP contribution in [-0.2, 0) is 19.1 Å². The number of hydrogen-bond acceptors (Lipinski definition) is 4. The first-order valence-corrected chi connectivity index (χ1v) is 2.14. The lowest BCUT2D eigenvalue weighted by Gasteiger charge is -1.97. The second-order valence-electron chi connectivity index (χ2n) is 1.16. The van der Waals surface area contributed by atoms with Gasteiger partial charge >= 0.3 is 0 Å². The number of carbonyl (C=O) groups is 2. The molecule has 0 fully saturated rings. The number of hydrogen-bond donors (Lipinski definition) is 0. The highest BCUT2D eigenvalue weighted by molar-refractivity contribution is 5.40. The number of rotatable bonds is 5. The third-order valence-electron chi connectivity index (χ3n) is 0.527. The summed E-state index contributed by atoms with van der Waals surface area (Å²) in [6.07, 6.45) is 0. The third-order valence-corrected chi connectivity index (χ3v) is 0.527. The molecule has 0 aromatic heterocycles. The van der Waals surface area contributed by atoms with Gasteiger partial charge in [0.15, 0.2) is 0 Å². The minimum absolute atomic E-state index is 0.0811. The normalized spacial score (nSPS) is 7.56. The van der Waals surface area contributed by atoms with E-state index in [0.29, 0.717) is 0 Å². The zero-order valence-electron chi connectivity index (χ0n) is 4.70. The molecule has 4 nitrogen and oxygen atoms in total. The van der Waals surface area contributed by atoms with E-state index in [1.54, 1.807) is 0 Å². The van der Waals surface area contributed by atoms with Crippen LogP contribution in [0.1, 0.15) is 0 Å². The summed E-state index contributed by atoms with van der Waals surface area (Å²) in [5, 5.41) is 0. The van der Waals surface area contributed by atoms with Gasteiger partial charge in [0.25, 0.3) is 12.9 Å². The van der Waals surface area contributed by atoms with Crippen LogP contribution < -0.4 is 0 Å². The van der Waals surface area contributed by atoms with Crippen molar-refractivity contribution in [2.24, 2.45) is 0 Å². The molecule has 0 aromatic carbocycles. The average Bonchev–Trinajstić information content (AvgIpc) is 1.85. The Hall–Kier alpha value is -1.32. The number of ether oxygens (including phenoxy) is 2. The zero-order valence-corrected chi connectivity index (χ0v) is 4.70. The molecule has 0 heterocycles. The van der Waals surface area contributed by atoms with Crippen molar-refractivity contribution in [2.75, 3.05) is 6.61 Å². The molecule has 0 radical (unpaired) electrons. The summed E-state index contributed by atoms with van der Waals surface area (Å²) in [6, 6.07) is 0. The largest absolute Gasteiger partial charge is 0.460 e. The van der Waals surface area contributed by atoms with Gasteiger partial charge in [-0.1, -0.05) is 6.58 Å². The highest BCUT2D eigenvalue weighted by Gasteiger charge is 1.90. The van der Waals surface area contributed by atoms with E-state index in [9.17, 15) is 9.59 Å². The van der Waals surface area contributed by atoms with Crippen molar-refractivity contribution in [3.8, 4) is 0 Å². The molecule has 0 aliphatic rings. The van der Waals surface area contributed by atoms with Crippen LogP contribution in [0.4, 0.5) is 0 Å². The first-order chi connectivity index (χ1) is 4.31. The van der Waals surface area contributed by atoms with Gasteiger partial charge in [-0.2, -0.15) is 0 Å². The quantitative estimate of drug-likeness (QED) is 0.383. The van der Waals surface area contributed by atoms with E-state index in [4.69, 9.17) is 0 Å². The Morgan fingerprint density at radius 1 is 1.44 bits per heavy atom. The summed E-state index contributed by atoms with van der Waals surface area (Å²) in [7, 11) is 0. The van der Waals surface area contributed by atoms with Crippen molar-refractivity contribution in [2.45, 2.75) is 0 Å². The van der Waals surface area contributed by atoms with Gasteiger partial charge in [-0.05, 0) is 0 Å². The van der Waals surface area contributed by atoms with Gasteiger partial charge in [0, 0.05) is 0 Å². The Morgan fingerprint density at radius 3 is 2.56 bits per heavy atom. The molecule has 0 aliphatic heterocycles. The molecule has 50 valence electrons. The first-order valence-electron chi connectivity index (χ1n) is 2.14. The Labute approximate surface area is 52.1 Å². The molecule has 0 aromatic rings. The molecule has 0 saturated heterocycles. The summed E-state index contributed by atoms with van der Waals surface area (Å²) < 4.78 is 8.37. The molecular formula is C5H6O4. The predicted octanol–water partition coefficient (Wildman–Crippen LogP) is -0.154. The highest BCUT2D eigenvalue weighted by Crippen LogP contribution is 1.88. The Bertz CT molecular complexity index is 118. The van der Waals surface area contributed by atoms with Crippen LogP contribution in [0.25, 0.3) is 0 Å². The molecule has 0 amide bonds. The van der Waals surface area contributed by atoms with Crippen molar-refractivity contribution in [3.05, 3.63) is 12.3 Å². The van der Waals surface area contributed by atoms with Crippen LogP contribution in [0.3, 0.4) is 0 Å². The molecule has 4 heteroatoms. The van der Waals surface area contributed by atoms with Gasteiger partial charge in [0.2, 0.25) is 0 Å². The fraction of sp³-hybridized carbons (Fsp3) is 0.200. The molecular weight excluding hydrogens is 124 g/mol. The van der Waals surface area contributed by atoms with E-state index in [-0.39, 0.29) is 25.3 Å². The van der Waals surface area contributed by atoms with Crippen LogP contribution in [0, 0.1) is 0 Å². The molecule has 0 saturated carbocycles. The van der Waals surface area contributed by atoms with Gasteiger partial charge in [0.1, 0.15) is 12.4 Å². The van der Waals surface area contributed by atoms with Crippen molar-refractivity contribution in [1.82, 2.24) is 0 Å². The minimum atomic E-state index is -0.0811. The lowest BCUT2D eigenvalue weighted by molar-refractivity contribution is -0.132. The van der Waals surface area contributed by atoms with E-state index < -0.39 is 0 Å². The zero-order chi connectivity index (χ0) is 7.11. The van der Waals surface area contributed by atoms with Crippen LogP contribution in [0.5, 0.6) is 0 Å². The fourth-order valence-electron chi connectivity index (χ4n) is 0.229. The molecule has 0 bridgehead atoms. The summed E-state index contributed by atoms with van der Waals surface area (Å²) in [6.45, 7) is 3.63. The maximum absolute atomic E-state index is 9.55. The Morgan fingerprint density at radius 2 is 2.11 bits per heavy atom. The molecule has 0 atom stereocenters. The average molecular weight is 130 g/mol. The standard InChI is InChI=1S/C5H6O4/c1-5(9-4-7)2-8-3-6/h3-4H,1-2H2. The van der Waals surface area contributed by atoms with Crippen molar-refractivity contribution >= 4 is 12.9 Å². The summed E-state index contributed by atoms with van der Waals surface area (Å²) >= 11 is 0. The molecule has 0 aliphatic carbocycles. The molecule has 0 unspecified atom stereocenters. The summed E-state index contributed by atoms with van der Waals surface area (Å²) in [4.78, 5) is 19.1. The van der Waals surface area contributed by atoms with E-state index >= 15 is 0 Å². The van der Waals surface area contributed by atoms with E-state index in [0.717, 1.165) is 0 Å². The maximum Gasteiger partial charge on any atom is 0.298 e. The van der Waals surface area contributed by atoms with Gasteiger partial charge in [-0.3, -0.25) is 9.59 Å². The third kappa shape index (κ3) is 4.53. The Kier molecular flexibility index (Phi) is 4.12. The molecule has 0 N–H and O–H groups in total. The van der Waals surface area contributed by atoms with Crippen molar-refractivity contribution < 1.29 is 19.1 Å². The van der Waals surface area contributed by atoms with Crippen molar-refractivity contribution in [3.63, 3.8) is 0 Å². The van der Waals surface area contributed by atoms with E-state index in [1.807, 2.05) is 0 Å². The predicted molar refractivity (Wildman–Crippen MR) is 28.3 cm³/mol. The maximum atomic E-state index is 9.55. The van der Waals surface area contributed by atoms with Gasteiger partial charge < -0.3 is 9.47 Å². The topological polar surface area (TPSA) is 52.6 Å². The lowest BCUT2D eigenvalue weighted by atomic mass is 10.6. The fourth-order valence-corrected chi connectivity index (χ4v) is 0.229. The van der Waals surface area contributed by atoms with Gasteiger partial charge in [-0.15, -0.1) is 0 Å². The second-order valence-corrected chi connectivity index (χ2v) is 1.16. The van der Waals surface area contributed by atoms with Gasteiger partial charge in [0.05, 0.1) is 0 Å². The Balaban J connectivity index is 3.26. The van der Waals surface area contributed by atoms with Crippen LogP contribution >= 0.6 is 0 Å². The lowest BCUT2D eigenvalue weighted by Crippen LogP contribution is -1.97. The van der Waals surface area contributed by atoms with Crippen LogP contribution in [-0.4, -0.2) is 19.6 Å². The van der Waals surface area contributed by atoms with Crippen LogP contribution in [0.2, 0.25) is 0 Å². The summed E-state index contributed by atoms with van der Waals surface area (Å²) in [5.41, 5.74) is 0. The molecule has 0 rings (SSSR count). The summed E-state index contributed by atoms with van der Waals surface area (Å²) in [5.74, 6) is 0.108. The monoisotopic (exact) mass is 130 g/mol.